The molecule has 1 aliphatic heterocycles. The van der Waals surface area contributed by atoms with Crippen molar-refractivity contribution >= 4 is 34.4 Å². The second-order valence-corrected chi connectivity index (χ2v) is 6.24. The second-order valence-electron chi connectivity index (χ2n) is 5.07. The Morgan fingerprint density at radius 1 is 1.41 bits per heavy atom. The maximum absolute atomic E-state index is 12.3. The summed E-state index contributed by atoms with van der Waals surface area (Å²) in [5.41, 5.74) is 1.84. The quantitative estimate of drug-likeness (QED) is 0.907. The molecule has 1 N–H and O–H groups in total. The third-order valence-electron chi connectivity index (χ3n) is 3.30. The van der Waals surface area contributed by atoms with Crippen molar-refractivity contribution in [3.05, 3.63) is 29.8 Å². The standard InChI is InChI=1S/C16H21N3O2S/c1-4-17-16-19(5-2)15(21)13(22-16)10-14(20)18-12-8-6-7-11(3)9-12/h6-9,13H,4-5,10H2,1-3H3,(H,18,20)/t13-/m0/s1. The third-order valence-corrected chi connectivity index (χ3v) is 4.52. The lowest BCUT2D eigenvalue weighted by atomic mass is 10.2. The van der Waals surface area contributed by atoms with Crippen molar-refractivity contribution in [2.45, 2.75) is 32.4 Å². The fraction of sp³-hybridized carbons (Fsp3) is 0.438. The molecule has 2 amide bonds. The SMILES string of the molecule is CCN=C1S[C@@H](CC(=O)Nc2cccc(C)c2)C(=O)N1CC. The summed E-state index contributed by atoms with van der Waals surface area (Å²) < 4.78 is 0. The summed E-state index contributed by atoms with van der Waals surface area (Å²) in [5, 5.41) is 3.19. The van der Waals surface area contributed by atoms with E-state index in [0.717, 1.165) is 16.4 Å². The first-order chi connectivity index (χ1) is 10.5. The molecular weight excluding hydrogens is 298 g/mol. The van der Waals surface area contributed by atoms with E-state index in [1.54, 1.807) is 4.90 Å². The molecule has 1 aliphatic rings. The van der Waals surface area contributed by atoms with Crippen LogP contribution in [-0.4, -0.2) is 40.2 Å². The number of thioether (sulfide) groups is 1. The summed E-state index contributed by atoms with van der Waals surface area (Å²) in [5.74, 6) is -0.177. The van der Waals surface area contributed by atoms with Gasteiger partial charge in [-0.3, -0.25) is 19.5 Å². The molecule has 1 aromatic rings. The van der Waals surface area contributed by atoms with E-state index in [1.807, 2.05) is 45.0 Å². The summed E-state index contributed by atoms with van der Waals surface area (Å²) in [7, 11) is 0. The summed E-state index contributed by atoms with van der Waals surface area (Å²) >= 11 is 1.38. The lowest BCUT2D eigenvalue weighted by Crippen LogP contribution is -2.33. The average molecular weight is 319 g/mol. The smallest absolute Gasteiger partial charge is 0.242 e. The van der Waals surface area contributed by atoms with Gasteiger partial charge in [0, 0.05) is 25.2 Å². The predicted octanol–water partition coefficient (Wildman–Crippen LogP) is 2.66. The molecule has 1 atom stereocenters. The van der Waals surface area contributed by atoms with E-state index in [-0.39, 0.29) is 23.5 Å². The molecule has 1 aromatic carbocycles. The number of hydrogen-bond donors (Lipinski definition) is 1. The molecule has 1 saturated heterocycles. The van der Waals surface area contributed by atoms with Crippen molar-refractivity contribution in [3.63, 3.8) is 0 Å². The van der Waals surface area contributed by atoms with Gasteiger partial charge in [-0.25, -0.2) is 0 Å². The molecule has 0 aliphatic carbocycles. The van der Waals surface area contributed by atoms with Crippen LogP contribution in [0.15, 0.2) is 29.3 Å². The number of amides is 2. The van der Waals surface area contributed by atoms with Gasteiger partial charge in [0.15, 0.2) is 5.17 Å². The third kappa shape index (κ3) is 3.88. The maximum Gasteiger partial charge on any atom is 0.242 e. The number of hydrogen-bond acceptors (Lipinski definition) is 4. The molecule has 0 spiro atoms. The fourth-order valence-electron chi connectivity index (χ4n) is 2.29. The van der Waals surface area contributed by atoms with Gasteiger partial charge in [-0.1, -0.05) is 23.9 Å². The number of aryl methyl sites for hydroxylation is 1. The highest BCUT2D eigenvalue weighted by atomic mass is 32.2. The highest BCUT2D eigenvalue weighted by Crippen LogP contribution is 2.29. The first kappa shape index (κ1) is 16.5. The van der Waals surface area contributed by atoms with Crippen LogP contribution in [0.1, 0.15) is 25.8 Å². The molecule has 1 fully saturated rings. The highest BCUT2D eigenvalue weighted by Gasteiger charge is 2.37. The van der Waals surface area contributed by atoms with Crippen LogP contribution < -0.4 is 5.32 Å². The molecule has 0 bridgehead atoms. The predicted molar refractivity (Wildman–Crippen MR) is 91.2 cm³/mol. The summed E-state index contributed by atoms with van der Waals surface area (Å²) in [6, 6.07) is 7.62. The van der Waals surface area contributed by atoms with Crippen LogP contribution in [0.3, 0.4) is 0 Å². The zero-order valence-electron chi connectivity index (χ0n) is 13.1. The number of amidine groups is 1. The molecule has 1 heterocycles. The van der Waals surface area contributed by atoms with E-state index in [1.165, 1.54) is 11.8 Å². The maximum atomic E-state index is 12.3. The lowest BCUT2D eigenvalue weighted by Gasteiger charge is -2.13. The highest BCUT2D eigenvalue weighted by molar-refractivity contribution is 8.15. The van der Waals surface area contributed by atoms with Gasteiger partial charge in [-0.2, -0.15) is 0 Å². The van der Waals surface area contributed by atoms with Crippen molar-refractivity contribution in [3.8, 4) is 0 Å². The Balaban J connectivity index is 2.00. The van der Waals surface area contributed by atoms with Crippen LogP contribution in [0.4, 0.5) is 5.69 Å². The number of aliphatic imine (C=N–C) groups is 1. The molecule has 2 rings (SSSR count). The van der Waals surface area contributed by atoms with Gasteiger partial charge in [-0.15, -0.1) is 0 Å². The minimum absolute atomic E-state index is 0.0286. The molecule has 0 unspecified atom stereocenters. The number of carbonyl (C=O) groups is 2. The zero-order valence-corrected chi connectivity index (χ0v) is 13.9. The van der Waals surface area contributed by atoms with Crippen LogP contribution in [0.2, 0.25) is 0 Å². The van der Waals surface area contributed by atoms with Gasteiger partial charge in [-0.05, 0) is 38.5 Å². The molecule has 0 aromatic heterocycles. The van der Waals surface area contributed by atoms with Crippen molar-refractivity contribution in [2.24, 2.45) is 4.99 Å². The molecular formula is C16H21N3O2S. The van der Waals surface area contributed by atoms with Crippen LogP contribution in [0.25, 0.3) is 0 Å². The Kier molecular flexibility index (Phi) is 5.60. The molecule has 6 heteroatoms. The molecule has 0 saturated carbocycles. The average Bonchev–Trinajstić information content (AvgIpc) is 2.75. The Morgan fingerprint density at radius 3 is 2.82 bits per heavy atom. The van der Waals surface area contributed by atoms with Crippen LogP contribution in [-0.2, 0) is 9.59 Å². The molecule has 118 valence electrons. The van der Waals surface area contributed by atoms with Gasteiger partial charge >= 0.3 is 0 Å². The Bertz CT molecular complexity index is 601. The first-order valence-corrected chi connectivity index (χ1v) is 8.32. The zero-order chi connectivity index (χ0) is 16.1. The van der Waals surface area contributed by atoms with E-state index in [0.29, 0.717) is 13.1 Å². The van der Waals surface area contributed by atoms with E-state index < -0.39 is 0 Å². The van der Waals surface area contributed by atoms with Crippen molar-refractivity contribution < 1.29 is 9.59 Å². The molecule has 5 nitrogen and oxygen atoms in total. The molecule has 22 heavy (non-hydrogen) atoms. The van der Waals surface area contributed by atoms with Crippen LogP contribution in [0.5, 0.6) is 0 Å². The van der Waals surface area contributed by atoms with Crippen LogP contribution >= 0.6 is 11.8 Å². The second kappa shape index (κ2) is 7.45. The van der Waals surface area contributed by atoms with E-state index in [2.05, 4.69) is 10.3 Å². The summed E-state index contributed by atoms with van der Waals surface area (Å²) in [4.78, 5) is 30.4. The van der Waals surface area contributed by atoms with Gasteiger partial charge in [0.25, 0.3) is 0 Å². The Morgan fingerprint density at radius 2 is 2.18 bits per heavy atom. The van der Waals surface area contributed by atoms with Crippen molar-refractivity contribution in [1.29, 1.82) is 0 Å². The van der Waals surface area contributed by atoms with Crippen LogP contribution in [0, 0.1) is 6.92 Å². The van der Waals surface area contributed by atoms with Gasteiger partial charge in [0.1, 0.15) is 5.25 Å². The monoisotopic (exact) mass is 319 g/mol. The van der Waals surface area contributed by atoms with Crippen molar-refractivity contribution in [2.75, 3.05) is 18.4 Å². The summed E-state index contributed by atoms with van der Waals surface area (Å²) in [6.07, 6.45) is 0.163. The number of rotatable bonds is 5. The minimum atomic E-state index is -0.380. The van der Waals surface area contributed by atoms with Crippen molar-refractivity contribution in [1.82, 2.24) is 4.90 Å². The number of anilines is 1. The van der Waals surface area contributed by atoms with E-state index in [4.69, 9.17) is 0 Å². The fourth-order valence-corrected chi connectivity index (χ4v) is 3.56. The van der Waals surface area contributed by atoms with E-state index in [9.17, 15) is 9.59 Å². The number of carbonyl (C=O) groups excluding carboxylic acids is 2. The Labute approximate surface area is 135 Å². The lowest BCUT2D eigenvalue weighted by molar-refractivity contribution is -0.128. The summed E-state index contributed by atoms with van der Waals surface area (Å²) in [6.45, 7) is 7.04. The normalized spacial score (nSPS) is 19.8. The number of benzene rings is 1. The molecule has 0 radical (unpaired) electrons. The van der Waals surface area contributed by atoms with Gasteiger partial charge < -0.3 is 5.32 Å². The first-order valence-electron chi connectivity index (χ1n) is 7.44. The van der Waals surface area contributed by atoms with Gasteiger partial charge in [0.05, 0.1) is 0 Å². The van der Waals surface area contributed by atoms with Gasteiger partial charge in [0.2, 0.25) is 11.8 Å². The number of nitrogens with zero attached hydrogens (tertiary/aromatic N) is 2. The topological polar surface area (TPSA) is 61.8 Å². The largest absolute Gasteiger partial charge is 0.326 e. The Hall–Kier alpha value is -1.82. The number of nitrogens with one attached hydrogen (secondary N) is 1. The minimum Gasteiger partial charge on any atom is -0.326 e. The van der Waals surface area contributed by atoms with E-state index >= 15 is 0 Å².